The van der Waals surface area contributed by atoms with Crippen LogP contribution in [0.15, 0.2) is 24.3 Å². The van der Waals surface area contributed by atoms with E-state index in [1.165, 1.54) is 5.56 Å². The van der Waals surface area contributed by atoms with Crippen LogP contribution < -0.4 is 4.74 Å². The van der Waals surface area contributed by atoms with Gasteiger partial charge in [0.25, 0.3) is 0 Å². The highest BCUT2D eigenvalue weighted by Crippen LogP contribution is 2.29. The minimum absolute atomic E-state index is 0.395. The van der Waals surface area contributed by atoms with Gasteiger partial charge in [0.15, 0.2) is 0 Å². The molecule has 0 aromatic heterocycles. The number of hydrogen-bond acceptors (Lipinski definition) is 3. The van der Waals surface area contributed by atoms with Crippen molar-refractivity contribution in [1.29, 1.82) is 0 Å². The standard InChI is InChI=1S/C14H19NO3/c1-10(14(16)17)15-8-7-12(9-15)11-3-5-13(18-2)6-4-11/h3-6,10,12H,7-9H2,1-2H3,(H,16,17)/t10-,12+/m1/s1. The number of aliphatic carboxylic acids is 1. The van der Waals surface area contributed by atoms with E-state index < -0.39 is 12.0 Å². The van der Waals surface area contributed by atoms with E-state index in [9.17, 15) is 4.79 Å². The number of hydrogen-bond donors (Lipinski definition) is 1. The second-order valence-electron chi connectivity index (χ2n) is 4.77. The molecular weight excluding hydrogens is 230 g/mol. The third kappa shape index (κ3) is 2.64. The van der Waals surface area contributed by atoms with Gasteiger partial charge >= 0.3 is 5.97 Å². The fourth-order valence-electron chi connectivity index (χ4n) is 2.44. The Labute approximate surface area is 107 Å². The van der Waals surface area contributed by atoms with Crippen molar-refractivity contribution < 1.29 is 14.6 Å². The number of benzene rings is 1. The van der Waals surface area contributed by atoms with Crippen LogP contribution >= 0.6 is 0 Å². The van der Waals surface area contributed by atoms with Crippen molar-refractivity contribution in [2.75, 3.05) is 20.2 Å². The second-order valence-corrected chi connectivity index (χ2v) is 4.77. The van der Waals surface area contributed by atoms with Crippen molar-refractivity contribution in [3.05, 3.63) is 29.8 Å². The van der Waals surface area contributed by atoms with Gasteiger partial charge in [-0.3, -0.25) is 9.69 Å². The molecule has 1 aliphatic heterocycles. The van der Waals surface area contributed by atoms with Crippen molar-refractivity contribution in [2.24, 2.45) is 0 Å². The van der Waals surface area contributed by atoms with Crippen LogP contribution in [0, 0.1) is 0 Å². The van der Waals surface area contributed by atoms with Crippen molar-refractivity contribution >= 4 is 5.97 Å². The van der Waals surface area contributed by atoms with Gasteiger partial charge in [0.1, 0.15) is 11.8 Å². The lowest BCUT2D eigenvalue weighted by Crippen LogP contribution is -2.37. The third-order valence-electron chi connectivity index (χ3n) is 3.71. The molecule has 0 bridgehead atoms. The predicted octanol–water partition coefficient (Wildman–Crippen LogP) is 1.96. The summed E-state index contributed by atoms with van der Waals surface area (Å²) in [7, 11) is 1.65. The zero-order valence-corrected chi connectivity index (χ0v) is 10.8. The Hall–Kier alpha value is -1.55. The largest absolute Gasteiger partial charge is 0.497 e. The monoisotopic (exact) mass is 249 g/mol. The van der Waals surface area contributed by atoms with E-state index >= 15 is 0 Å². The fraction of sp³-hybridized carbons (Fsp3) is 0.500. The highest BCUT2D eigenvalue weighted by atomic mass is 16.5. The maximum atomic E-state index is 11.0. The van der Waals surface area contributed by atoms with Gasteiger partial charge in [-0.15, -0.1) is 0 Å². The minimum atomic E-state index is -0.745. The molecule has 0 amide bonds. The Bertz CT molecular complexity index is 416. The van der Waals surface area contributed by atoms with Crippen LogP contribution in [0.2, 0.25) is 0 Å². The number of carbonyl (C=O) groups is 1. The molecule has 0 spiro atoms. The van der Waals surface area contributed by atoms with E-state index in [2.05, 4.69) is 12.1 Å². The summed E-state index contributed by atoms with van der Waals surface area (Å²) in [5.41, 5.74) is 1.26. The summed E-state index contributed by atoms with van der Waals surface area (Å²) >= 11 is 0. The topological polar surface area (TPSA) is 49.8 Å². The van der Waals surface area contributed by atoms with Crippen molar-refractivity contribution in [2.45, 2.75) is 25.3 Å². The van der Waals surface area contributed by atoms with Crippen LogP contribution in [-0.4, -0.2) is 42.2 Å². The lowest BCUT2D eigenvalue weighted by molar-refractivity contribution is -0.142. The number of ether oxygens (including phenoxy) is 1. The first-order chi connectivity index (χ1) is 8.61. The Balaban J connectivity index is 2.01. The number of carboxylic acid groups (broad SMARTS) is 1. The number of likely N-dealkylation sites (tertiary alicyclic amines) is 1. The molecule has 0 radical (unpaired) electrons. The van der Waals surface area contributed by atoms with Gasteiger partial charge in [0, 0.05) is 6.54 Å². The maximum Gasteiger partial charge on any atom is 0.320 e. The normalized spacial score (nSPS) is 21.8. The lowest BCUT2D eigenvalue weighted by Gasteiger charge is -2.20. The second kappa shape index (κ2) is 5.40. The molecule has 0 unspecified atom stereocenters. The van der Waals surface area contributed by atoms with Gasteiger partial charge in [0.05, 0.1) is 7.11 Å². The summed E-state index contributed by atoms with van der Waals surface area (Å²) in [5.74, 6) is 0.538. The maximum absolute atomic E-state index is 11.0. The fourth-order valence-corrected chi connectivity index (χ4v) is 2.44. The first-order valence-corrected chi connectivity index (χ1v) is 6.22. The van der Waals surface area contributed by atoms with Crippen LogP contribution in [0.25, 0.3) is 0 Å². The van der Waals surface area contributed by atoms with Gasteiger partial charge < -0.3 is 9.84 Å². The summed E-state index contributed by atoms with van der Waals surface area (Å²) in [4.78, 5) is 13.0. The summed E-state index contributed by atoms with van der Waals surface area (Å²) in [6.45, 7) is 3.42. The molecule has 98 valence electrons. The molecule has 2 atom stereocenters. The molecule has 1 aliphatic rings. The SMILES string of the molecule is COc1ccc([C@H]2CCN([C@H](C)C(=O)O)C2)cc1. The Morgan fingerprint density at radius 1 is 1.44 bits per heavy atom. The molecule has 0 aliphatic carbocycles. The third-order valence-corrected chi connectivity index (χ3v) is 3.71. The minimum Gasteiger partial charge on any atom is -0.497 e. The molecule has 1 N–H and O–H groups in total. The predicted molar refractivity (Wildman–Crippen MR) is 69.0 cm³/mol. The van der Waals surface area contributed by atoms with Gasteiger partial charge in [-0.05, 0) is 43.5 Å². The summed E-state index contributed by atoms with van der Waals surface area (Å²) in [5, 5.41) is 9.01. The molecule has 1 fully saturated rings. The van der Waals surface area contributed by atoms with Gasteiger partial charge in [0.2, 0.25) is 0 Å². The summed E-state index contributed by atoms with van der Waals surface area (Å²) in [6, 6.07) is 7.65. The Morgan fingerprint density at radius 2 is 2.11 bits per heavy atom. The van der Waals surface area contributed by atoms with Crippen LogP contribution in [0.1, 0.15) is 24.8 Å². The van der Waals surface area contributed by atoms with Gasteiger partial charge in [-0.1, -0.05) is 12.1 Å². The average Bonchev–Trinajstić information content (AvgIpc) is 2.87. The smallest absolute Gasteiger partial charge is 0.320 e. The van der Waals surface area contributed by atoms with E-state index in [0.29, 0.717) is 5.92 Å². The molecule has 1 aromatic rings. The molecule has 1 aromatic carbocycles. The molecule has 1 heterocycles. The number of carboxylic acids is 1. The summed E-state index contributed by atoms with van der Waals surface area (Å²) < 4.78 is 5.13. The van der Waals surface area contributed by atoms with Crippen molar-refractivity contribution in [3.63, 3.8) is 0 Å². The quantitative estimate of drug-likeness (QED) is 0.886. The molecule has 18 heavy (non-hydrogen) atoms. The first kappa shape index (κ1) is 12.9. The van der Waals surface area contributed by atoms with E-state index in [4.69, 9.17) is 9.84 Å². The van der Waals surface area contributed by atoms with E-state index in [-0.39, 0.29) is 0 Å². The average molecular weight is 249 g/mol. The highest BCUT2D eigenvalue weighted by Gasteiger charge is 2.29. The number of nitrogens with zero attached hydrogens (tertiary/aromatic N) is 1. The van der Waals surface area contributed by atoms with E-state index in [1.54, 1.807) is 14.0 Å². The summed E-state index contributed by atoms with van der Waals surface area (Å²) in [6.07, 6.45) is 1.02. The van der Waals surface area contributed by atoms with Crippen LogP contribution in [0.3, 0.4) is 0 Å². The lowest BCUT2D eigenvalue weighted by atomic mass is 9.98. The molecule has 2 rings (SSSR count). The Morgan fingerprint density at radius 3 is 2.67 bits per heavy atom. The zero-order chi connectivity index (χ0) is 13.1. The molecule has 0 saturated carbocycles. The number of methoxy groups -OCH3 is 1. The molecular formula is C14H19NO3. The number of rotatable bonds is 4. The highest BCUT2D eigenvalue weighted by molar-refractivity contribution is 5.72. The van der Waals surface area contributed by atoms with Crippen LogP contribution in [0.5, 0.6) is 5.75 Å². The molecule has 1 saturated heterocycles. The molecule has 4 heteroatoms. The molecule has 4 nitrogen and oxygen atoms in total. The van der Waals surface area contributed by atoms with Crippen molar-refractivity contribution in [1.82, 2.24) is 4.90 Å². The van der Waals surface area contributed by atoms with Crippen molar-refractivity contribution in [3.8, 4) is 5.75 Å². The zero-order valence-electron chi connectivity index (χ0n) is 10.8. The first-order valence-electron chi connectivity index (χ1n) is 6.22. The van der Waals surface area contributed by atoms with E-state index in [1.807, 2.05) is 17.0 Å². The van der Waals surface area contributed by atoms with E-state index in [0.717, 1.165) is 25.3 Å². The van der Waals surface area contributed by atoms with Crippen LogP contribution in [0.4, 0.5) is 0 Å². The Kier molecular flexibility index (Phi) is 3.87. The van der Waals surface area contributed by atoms with Gasteiger partial charge in [-0.25, -0.2) is 0 Å². The van der Waals surface area contributed by atoms with Gasteiger partial charge in [-0.2, -0.15) is 0 Å². The van der Waals surface area contributed by atoms with Crippen LogP contribution in [-0.2, 0) is 4.79 Å².